The molecule has 2 unspecified atom stereocenters. The van der Waals surface area contributed by atoms with E-state index in [4.69, 9.17) is 17.3 Å². The monoisotopic (exact) mass is 461 g/mol. The standard InChI is InChI=1S/C23H25ClFN3O4/c1-12-19(22(26)31)17-5-2-3-10-27(17)20(12)21(30)23(32)28(16-6-4-7-18(16)29)13-8-9-15(25)14(24)11-13/h8-9,11,16,18,29H,2-7,10H2,1H3,(H2,26,31). The van der Waals surface area contributed by atoms with Crippen LogP contribution in [0.2, 0.25) is 5.02 Å². The fourth-order valence-corrected chi connectivity index (χ4v) is 5.20. The molecule has 1 fully saturated rings. The zero-order valence-electron chi connectivity index (χ0n) is 17.7. The van der Waals surface area contributed by atoms with Crippen LogP contribution in [0, 0.1) is 12.7 Å². The molecule has 3 N–H and O–H groups in total. The number of ketones is 1. The van der Waals surface area contributed by atoms with Gasteiger partial charge in [-0.1, -0.05) is 11.6 Å². The molecule has 2 amide bonds. The maximum atomic E-state index is 13.8. The highest BCUT2D eigenvalue weighted by molar-refractivity contribution is 6.47. The third-order valence-electron chi connectivity index (χ3n) is 6.49. The van der Waals surface area contributed by atoms with Gasteiger partial charge in [0.15, 0.2) is 0 Å². The summed E-state index contributed by atoms with van der Waals surface area (Å²) in [6.45, 7) is 2.13. The van der Waals surface area contributed by atoms with Crippen LogP contribution in [0.3, 0.4) is 0 Å². The van der Waals surface area contributed by atoms with E-state index in [0.717, 1.165) is 18.9 Å². The van der Waals surface area contributed by atoms with Crippen molar-refractivity contribution in [3.63, 3.8) is 0 Å². The number of primary amides is 1. The van der Waals surface area contributed by atoms with Crippen LogP contribution in [-0.4, -0.2) is 39.4 Å². The predicted molar refractivity (Wildman–Crippen MR) is 117 cm³/mol. The van der Waals surface area contributed by atoms with Crippen LogP contribution in [0.15, 0.2) is 18.2 Å². The summed E-state index contributed by atoms with van der Waals surface area (Å²) in [5, 5.41) is 10.3. The maximum absolute atomic E-state index is 13.8. The molecular weight excluding hydrogens is 437 g/mol. The molecule has 2 heterocycles. The van der Waals surface area contributed by atoms with E-state index >= 15 is 0 Å². The number of carbonyl (C=O) groups is 3. The Labute approximate surface area is 189 Å². The van der Waals surface area contributed by atoms with Crippen molar-refractivity contribution in [3.8, 4) is 0 Å². The molecule has 2 aliphatic rings. The molecule has 9 heteroatoms. The normalized spacial score (nSPS) is 20.1. The Morgan fingerprint density at radius 2 is 1.97 bits per heavy atom. The van der Waals surface area contributed by atoms with Gasteiger partial charge in [-0.05, 0) is 69.2 Å². The molecular formula is C23H25ClFN3O4. The second-order valence-corrected chi connectivity index (χ2v) is 8.84. The van der Waals surface area contributed by atoms with E-state index in [0.29, 0.717) is 43.5 Å². The van der Waals surface area contributed by atoms with E-state index in [1.165, 1.54) is 17.0 Å². The summed E-state index contributed by atoms with van der Waals surface area (Å²) in [6, 6.07) is 3.13. The molecule has 4 rings (SSSR count). The highest BCUT2D eigenvalue weighted by Crippen LogP contribution is 2.33. The number of anilines is 1. The molecule has 1 aliphatic carbocycles. The highest BCUT2D eigenvalue weighted by atomic mass is 35.5. The van der Waals surface area contributed by atoms with Gasteiger partial charge in [-0.15, -0.1) is 0 Å². The molecule has 1 aliphatic heterocycles. The SMILES string of the molecule is Cc1c(C(N)=O)c2n(c1C(=O)C(=O)N(c1ccc(F)c(Cl)c1)C1CCCC1O)CCCC2. The average molecular weight is 462 g/mol. The van der Waals surface area contributed by atoms with Crippen molar-refractivity contribution in [2.45, 2.75) is 64.1 Å². The van der Waals surface area contributed by atoms with E-state index in [2.05, 4.69) is 0 Å². The van der Waals surface area contributed by atoms with E-state index in [1.54, 1.807) is 11.5 Å². The van der Waals surface area contributed by atoms with Gasteiger partial charge in [0, 0.05) is 17.9 Å². The largest absolute Gasteiger partial charge is 0.391 e. The first-order valence-corrected chi connectivity index (χ1v) is 11.1. The molecule has 0 bridgehead atoms. The Morgan fingerprint density at radius 3 is 2.59 bits per heavy atom. The van der Waals surface area contributed by atoms with Crippen LogP contribution >= 0.6 is 11.6 Å². The number of nitrogens with two attached hydrogens (primary N) is 1. The van der Waals surface area contributed by atoms with Gasteiger partial charge in [-0.2, -0.15) is 0 Å². The number of rotatable bonds is 5. The van der Waals surface area contributed by atoms with Crippen molar-refractivity contribution in [2.24, 2.45) is 5.73 Å². The molecule has 32 heavy (non-hydrogen) atoms. The van der Waals surface area contributed by atoms with Crippen LogP contribution in [0.25, 0.3) is 0 Å². The molecule has 2 atom stereocenters. The topological polar surface area (TPSA) is 106 Å². The van der Waals surface area contributed by atoms with Gasteiger partial charge >= 0.3 is 5.91 Å². The van der Waals surface area contributed by atoms with Crippen molar-refractivity contribution in [1.82, 2.24) is 4.57 Å². The van der Waals surface area contributed by atoms with E-state index < -0.39 is 35.6 Å². The lowest BCUT2D eigenvalue weighted by atomic mass is 10.0. The molecule has 0 saturated heterocycles. The molecule has 1 aromatic carbocycles. The molecule has 0 spiro atoms. The molecule has 170 valence electrons. The van der Waals surface area contributed by atoms with Gasteiger partial charge in [-0.3, -0.25) is 19.3 Å². The maximum Gasteiger partial charge on any atom is 0.301 e. The van der Waals surface area contributed by atoms with Gasteiger partial charge in [0.1, 0.15) is 5.82 Å². The van der Waals surface area contributed by atoms with Crippen LogP contribution in [0.1, 0.15) is 64.2 Å². The fraction of sp³-hybridized carbons (Fsp3) is 0.435. The number of Topliss-reactive ketones (excluding diaryl/α,β-unsaturated/α-hetero) is 1. The summed E-state index contributed by atoms with van der Waals surface area (Å²) in [5.41, 5.74) is 7.31. The third kappa shape index (κ3) is 3.71. The number of amides is 2. The minimum atomic E-state index is -0.858. The van der Waals surface area contributed by atoms with Gasteiger partial charge in [-0.25, -0.2) is 4.39 Å². The summed E-state index contributed by atoms with van der Waals surface area (Å²) < 4.78 is 15.5. The average Bonchev–Trinajstić information content (AvgIpc) is 3.30. The van der Waals surface area contributed by atoms with Crippen LogP contribution in [0.5, 0.6) is 0 Å². The smallest absolute Gasteiger partial charge is 0.301 e. The first-order chi connectivity index (χ1) is 15.2. The molecule has 7 nitrogen and oxygen atoms in total. The molecule has 0 radical (unpaired) electrons. The van der Waals surface area contributed by atoms with E-state index in [-0.39, 0.29) is 22.0 Å². The summed E-state index contributed by atoms with van der Waals surface area (Å²) in [4.78, 5) is 40.5. The van der Waals surface area contributed by atoms with Crippen molar-refractivity contribution in [1.29, 1.82) is 0 Å². The lowest BCUT2D eigenvalue weighted by Gasteiger charge is -2.31. The van der Waals surface area contributed by atoms with Gasteiger partial charge in [0.25, 0.3) is 11.7 Å². The Hall–Kier alpha value is -2.71. The number of halogens is 2. The number of aromatic nitrogens is 1. The summed E-state index contributed by atoms with van der Waals surface area (Å²) in [6.07, 6.45) is 3.12. The zero-order chi connectivity index (χ0) is 23.2. The number of aliphatic hydroxyl groups excluding tert-OH is 1. The Kier molecular flexibility index (Phi) is 6.09. The lowest BCUT2D eigenvalue weighted by molar-refractivity contribution is -0.115. The predicted octanol–water partition coefficient (Wildman–Crippen LogP) is 3.15. The van der Waals surface area contributed by atoms with E-state index in [9.17, 15) is 23.9 Å². The van der Waals surface area contributed by atoms with Crippen LogP contribution < -0.4 is 10.6 Å². The first kappa shape index (κ1) is 22.5. The van der Waals surface area contributed by atoms with Gasteiger partial charge in [0.05, 0.1) is 28.4 Å². The number of fused-ring (bicyclic) bond motifs is 1. The van der Waals surface area contributed by atoms with E-state index in [1.807, 2.05) is 0 Å². The molecule has 1 saturated carbocycles. The Balaban J connectivity index is 1.80. The number of carbonyl (C=O) groups excluding carboxylic acids is 3. The minimum absolute atomic E-state index is 0.143. The second kappa shape index (κ2) is 8.67. The summed E-state index contributed by atoms with van der Waals surface area (Å²) in [7, 11) is 0. The Bertz CT molecular complexity index is 1110. The number of nitrogens with zero attached hydrogens (tertiary/aromatic N) is 2. The minimum Gasteiger partial charge on any atom is -0.391 e. The summed E-state index contributed by atoms with van der Waals surface area (Å²) >= 11 is 5.94. The van der Waals surface area contributed by atoms with Gasteiger partial charge < -0.3 is 15.4 Å². The van der Waals surface area contributed by atoms with Gasteiger partial charge in [0.2, 0.25) is 0 Å². The third-order valence-corrected chi connectivity index (χ3v) is 6.78. The lowest BCUT2D eigenvalue weighted by Crippen LogP contribution is -2.48. The number of benzene rings is 1. The number of hydrogen-bond donors (Lipinski definition) is 2. The van der Waals surface area contributed by atoms with Crippen molar-refractivity contribution in [2.75, 3.05) is 4.90 Å². The van der Waals surface area contributed by atoms with Crippen LogP contribution in [0.4, 0.5) is 10.1 Å². The van der Waals surface area contributed by atoms with Crippen molar-refractivity contribution < 1.29 is 23.9 Å². The molecule has 2 aromatic rings. The quantitative estimate of drug-likeness (QED) is 0.527. The fourth-order valence-electron chi connectivity index (χ4n) is 5.02. The van der Waals surface area contributed by atoms with Crippen molar-refractivity contribution >= 4 is 34.9 Å². The zero-order valence-corrected chi connectivity index (χ0v) is 18.5. The summed E-state index contributed by atoms with van der Waals surface area (Å²) in [5.74, 6) is -2.93. The number of hydrogen-bond acceptors (Lipinski definition) is 4. The second-order valence-electron chi connectivity index (χ2n) is 8.44. The highest BCUT2D eigenvalue weighted by Gasteiger charge is 2.40. The Morgan fingerprint density at radius 1 is 1.22 bits per heavy atom. The van der Waals surface area contributed by atoms with Crippen molar-refractivity contribution in [3.05, 3.63) is 51.6 Å². The molecule has 1 aromatic heterocycles. The van der Waals surface area contributed by atoms with Crippen LogP contribution in [-0.2, 0) is 17.8 Å². The first-order valence-electron chi connectivity index (χ1n) is 10.7. The number of aliphatic hydroxyl groups is 1.